The van der Waals surface area contributed by atoms with Gasteiger partial charge in [-0.3, -0.25) is 0 Å². The van der Waals surface area contributed by atoms with E-state index in [2.05, 4.69) is 32.2 Å². The second kappa shape index (κ2) is 8.98. The van der Waals surface area contributed by atoms with Crippen LogP contribution in [0.25, 0.3) is 0 Å². The summed E-state index contributed by atoms with van der Waals surface area (Å²) in [7, 11) is 0. The van der Waals surface area contributed by atoms with Gasteiger partial charge in [-0.1, -0.05) is 20.8 Å². The highest BCUT2D eigenvalue weighted by atomic mass is 16.5. The molecular formula is C11H22N2O. The maximum atomic E-state index is 8.52. The molecule has 1 N–H and O–H groups in total. The number of rotatable bonds is 8. The van der Waals surface area contributed by atoms with E-state index >= 15 is 0 Å². The third-order valence-electron chi connectivity index (χ3n) is 1.96. The summed E-state index contributed by atoms with van der Waals surface area (Å²) in [5.74, 6) is 0.594. The molecule has 0 heterocycles. The average Bonchev–Trinajstić information content (AvgIpc) is 2.15. The molecule has 0 rings (SSSR count). The van der Waals surface area contributed by atoms with Crippen LogP contribution in [-0.4, -0.2) is 25.8 Å². The van der Waals surface area contributed by atoms with Crippen molar-refractivity contribution in [3.8, 4) is 6.07 Å². The van der Waals surface area contributed by atoms with Gasteiger partial charge in [0.2, 0.25) is 0 Å². The first-order valence-corrected chi connectivity index (χ1v) is 5.38. The summed E-state index contributed by atoms with van der Waals surface area (Å²) < 4.78 is 5.42. The monoisotopic (exact) mass is 198 g/mol. The normalized spacial score (nSPS) is 12.8. The lowest BCUT2D eigenvalue weighted by atomic mass is 10.2. The number of ether oxygens (including phenoxy) is 1. The molecule has 82 valence electrons. The zero-order valence-corrected chi connectivity index (χ0v) is 9.55. The van der Waals surface area contributed by atoms with Crippen molar-refractivity contribution in [2.75, 3.05) is 19.8 Å². The van der Waals surface area contributed by atoms with Crippen LogP contribution in [0, 0.1) is 17.2 Å². The van der Waals surface area contributed by atoms with E-state index < -0.39 is 0 Å². The van der Waals surface area contributed by atoms with Gasteiger partial charge in [0, 0.05) is 19.2 Å². The summed E-state index contributed by atoms with van der Waals surface area (Å²) >= 11 is 0. The third-order valence-corrected chi connectivity index (χ3v) is 1.96. The summed E-state index contributed by atoms with van der Waals surface area (Å²) in [6.45, 7) is 8.75. The Hall–Kier alpha value is -0.590. The first-order chi connectivity index (χ1) is 6.70. The Kier molecular flexibility index (Phi) is 8.61. The van der Waals surface area contributed by atoms with Gasteiger partial charge >= 0.3 is 0 Å². The van der Waals surface area contributed by atoms with E-state index in [0.717, 1.165) is 26.2 Å². The lowest BCUT2D eigenvalue weighted by Crippen LogP contribution is -2.31. The van der Waals surface area contributed by atoms with Crippen LogP contribution in [-0.2, 0) is 4.74 Å². The van der Waals surface area contributed by atoms with Gasteiger partial charge in [0.25, 0.3) is 0 Å². The van der Waals surface area contributed by atoms with Crippen molar-refractivity contribution < 1.29 is 4.74 Å². The number of hydrogen-bond acceptors (Lipinski definition) is 3. The van der Waals surface area contributed by atoms with Crippen LogP contribution in [0.4, 0.5) is 0 Å². The van der Waals surface area contributed by atoms with Crippen LogP contribution >= 0.6 is 0 Å². The van der Waals surface area contributed by atoms with Crippen LogP contribution in [0.15, 0.2) is 0 Å². The Bertz CT molecular complexity index is 163. The van der Waals surface area contributed by atoms with Gasteiger partial charge in [0.15, 0.2) is 0 Å². The minimum Gasteiger partial charge on any atom is -0.380 e. The fourth-order valence-corrected chi connectivity index (χ4v) is 1.13. The molecule has 14 heavy (non-hydrogen) atoms. The van der Waals surface area contributed by atoms with E-state index in [9.17, 15) is 0 Å². The van der Waals surface area contributed by atoms with Crippen LogP contribution in [0.1, 0.15) is 33.6 Å². The maximum absolute atomic E-state index is 8.52. The van der Waals surface area contributed by atoms with E-state index in [-0.39, 0.29) is 0 Å². The highest BCUT2D eigenvalue weighted by molar-refractivity contribution is 4.79. The molecule has 1 unspecified atom stereocenters. The molecular weight excluding hydrogens is 176 g/mol. The minimum absolute atomic E-state index is 0.322. The fraction of sp³-hybridized carbons (Fsp3) is 0.909. The van der Waals surface area contributed by atoms with E-state index in [4.69, 9.17) is 10.00 Å². The molecule has 0 radical (unpaired) electrons. The third kappa shape index (κ3) is 8.03. The summed E-state index contributed by atoms with van der Waals surface area (Å²) in [4.78, 5) is 0. The lowest BCUT2D eigenvalue weighted by molar-refractivity contribution is 0.110. The Morgan fingerprint density at radius 2 is 2.14 bits per heavy atom. The highest BCUT2D eigenvalue weighted by Gasteiger charge is 2.03. The number of hydrogen-bond donors (Lipinski definition) is 1. The van der Waals surface area contributed by atoms with Crippen LogP contribution in [0.5, 0.6) is 0 Å². The van der Waals surface area contributed by atoms with Crippen molar-refractivity contribution in [2.45, 2.75) is 39.7 Å². The quantitative estimate of drug-likeness (QED) is 0.606. The zero-order chi connectivity index (χ0) is 10.8. The predicted octanol–water partition coefficient (Wildman–Crippen LogP) is 1.94. The number of nitriles is 1. The van der Waals surface area contributed by atoms with Crippen LogP contribution < -0.4 is 5.32 Å². The summed E-state index contributed by atoms with van der Waals surface area (Å²) in [6, 6.07) is 2.50. The highest BCUT2D eigenvalue weighted by Crippen LogP contribution is 1.95. The second-order valence-electron chi connectivity index (χ2n) is 3.89. The Morgan fingerprint density at radius 3 is 2.64 bits per heavy atom. The van der Waals surface area contributed by atoms with Gasteiger partial charge in [-0.15, -0.1) is 0 Å². The molecule has 0 fully saturated rings. The molecule has 1 atom stereocenters. The van der Waals surface area contributed by atoms with Crippen LogP contribution in [0.2, 0.25) is 0 Å². The minimum atomic E-state index is 0.322. The van der Waals surface area contributed by atoms with E-state index in [1.165, 1.54) is 0 Å². The second-order valence-corrected chi connectivity index (χ2v) is 3.89. The van der Waals surface area contributed by atoms with Crippen molar-refractivity contribution in [3.63, 3.8) is 0 Å². The summed E-state index contributed by atoms with van der Waals surface area (Å²) in [6.07, 6.45) is 1.58. The molecule has 0 aromatic carbocycles. The zero-order valence-electron chi connectivity index (χ0n) is 9.55. The summed E-state index contributed by atoms with van der Waals surface area (Å²) in [5.41, 5.74) is 0. The van der Waals surface area contributed by atoms with Crippen molar-refractivity contribution in [1.29, 1.82) is 5.26 Å². The molecule has 0 saturated heterocycles. The SMILES string of the molecule is CCC(CC#N)NCCOCC(C)C. The van der Waals surface area contributed by atoms with Gasteiger partial charge in [-0.2, -0.15) is 5.26 Å². The molecule has 0 spiro atoms. The predicted molar refractivity (Wildman–Crippen MR) is 58.0 cm³/mol. The summed E-state index contributed by atoms with van der Waals surface area (Å²) in [5, 5.41) is 11.8. The topological polar surface area (TPSA) is 45.0 Å². The van der Waals surface area contributed by atoms with Crippen molar-refractivity contribution in [3.05, 3.63) is 0 Å². The fourth-order valence-electron chi connectivity index (χ4n) is 1.13. The van der Waals surface area contributed by atoms with Gasteiger partial charge in [-0.25, -0.2) is 0 Å². The number of nitrogens with zero attached hydrogens (tertiary/aromatic N) is 1. The van der Waals surface area contributed by atoms with Crippen molar-refractivity contribution >= 4 is 0 Å². The molecule has 0 bridgehead atoms. The molecule has 0 aromatic heterocycles. The van der Waals surface area contributed by atoms with E-state index in [0.29, 0.717) is 18.4 Å². The van der Waals surface area contributed by atoms with Gasteiger partial charge in [-0.05, 0) is 12.3 Å². The Morgan fingerprint density at radius 1 is 1.43 bits per heavy atom. The van der Waals surface area contributed by atoms with Crippen molar-refractivity contribution in [2.24, 2.45) is 5.92 Å². The largest absolute Gasteiger partial charge is 0.380 e. The molecule has 0 aliphatic heterocycles. The molecule has 0 saturated carbocycles. The first kappa shape index (κ1) is 13.4. The molecule has 0 amide bonds. The van der Waals surface area contributed by atoms with Crippen molar-refractivity contribution in [1.82, 2.24) is 5.32 Å². The smallest absolute Gasteiger partial charge is 0.0638 e. The lowest BCUT2D eigenvalue weighted by Gasteiger charge is -2.13. The Balaban J connectivity index is 3.29. The molecule has 3 nitrogen and oxygen atoms in total. The van der Waals surface area contributed by atoms with Crippen LogP contribution in [0.3, 0.4) is 0 Å². The molecule has 0 aliphatic carbocycles. The number of nitrogens with one attached hydrogen (secondary N) is 1. The molecule has 0 aliphatic rings. The van der Waals surface area contributed by atoms with Gasteiger partial charge < -0.3 is 10.1 Å². The van der Waals surface area contributed by atoms with E-state index in [1.54, 1.807) is 0 Å². The maximum Gasteiger partial charge on any atom is 0.0638 e. The first-order valence-electron chi connectivity index (χ1n) is 5.38. The average molecular weight is 198 g/mol. The molecule has 3 heteroatoms. The standard InChI is InChI=1S/C11H22N2O/c1-4-11(5-6-12)13-7-8-14-9-10(2)3/h10-11,13H,4-5,7-9H2,1-3H3. The Labute approximate surface area is 87.4 Å². The van der Waals surface area contributed by atoms with E-state index in [1.807, 2.05) is 0 Å². The van der Waals surface area contributed by atoms with Gasteiger partial charge in [0.1, 0.15) is 0 Å². The molecule has 0 aromatic rings. The van der Waals surface area contributed by atoms with Gasteiger partial charge in [0.05, 0.1) is 19.1 Å².